The fourth-order valence-electron chi connectivity index (χ4n) is 1.17. The van der Waals surface area contributed by atoms with Crippen LogP contribution in [0.25, 0.3) is 0 Å². The first-order valence-corrected chi connectivity index (χ1v) is 4.27. The smallest absolute Gasteiger partial charge is 0.0991 e. The zero-order chi connectivity index (χ0) is 10.4. The van der Waals surface area contributed by atoms with Crippen molar-refractivity contribution in [1.82, 2.24) is 0 Å². The van der Waals surface area contributed by atoms with E-state index in [0.29, 0.717) is 23.9 Å². The molecule has 0 aromatic heterocycles. The summed E-state index contributed by atoms with van der Waals surface area (Å²) in [6.07, 6.45) is 0.988. The molecule has 1 aromatic rings. The van der Waals surface area contributed by atoms with E-state index in [4.69, 9.17) is 11.0 Å². The van der Waals surface area contributed by atoms with Gasteiger partial charge in [0.2, 0.25) is 0 Å². The summed E-state index contributed by atoms with van der Waals surface area (Å²) >= 11 is 0. The average molecular weight is 190 g/mol. The summed E-state index contributed by atoms with van der Waals surface area (Å²) in [6, 6.07) is 9.11. The van der Waals surface area contributed by atoms with E-state index in [1.54, 1.807) is 18.2 Å². The summed E-state index contributed by atoms with van der Waals surface area (Å²) < 4.78 is 12.2. The second-order valence-corrected chi connectivity index (χ2v) is 2.96. The van der Waals surface area contributed by atoms with E-state index >= 15 is 0 Å². The number of benzene rings is 1. The fraction of sp³-hybridized carbons (Fsp3) is 0.182. The Labute approximate surface area is 82.5 Å². The lowest BCUT2D eigenvalue weighted by Gasteiger charge is -2.02. The number of nitriles is 1. The maximum absolute atomic E-state index is 12.2. The number of nitrogens with two attached hydrogens (primary N) is 1. The Bertz CT molecular complexity index is 377. The molecular weight excluding hydrogens is 179 g/mol. The van der Waals surface area contributed by atoms with Gasteiger partial charge in [-0.1, -0.05) is 12.1 Å². The Balaban J connectivity index is 2.82. The Morgan fingerprint density at radius 3 is 2.93 bits per heavy atom. The molecule has 0 aliphatic carbocycles. The van der Waals surface area contributed by atoms with Gasteiger partial charge in [0.25, 0.3) is 0 Å². The molecule has 3 heteroatoms. The van der Waals surface area contributed by atoms with E-state index < -0.39 is 0 Å². The summed E-state index contributed by atoms with van der Waals surface area (Å²) in [4.78, 5) is 0. The molecule has 1 aromatic carbocycles. The zero-order valence-electron chi connectivity index (χ0n) is 7.70. The maximum Gasteiger partial charge on any atom is 0.0991 e. The van der Waals surface area contributed by atoms with Gasteiger partial charge in [-0.15, -0.1) is 0 Å². The lowest BCUT2D eigenvalue weighted by atomic mass is 10.0. The molecular formula is C11H11FN2. The third kappa shape index (κ3) is 2.68. The molecule has 1 rings (SSSR count). The first-order valence-electron chi connectivity index (χ1n) is 4.27. The standard InChI is InChI=1S/C11H11FN2/c12-6-11(8-14)5-9-2-1-3-10(4-9)7-13/h1-4,6H,5,8,14H2/b11-6-. The minimum Gasteiger partial charge on any atom is -0.327 e. The van der Waals surface area contributed by atoms with Gasteiger partial charge in [0.05, 0.1) is 18.0 Å². The van der Waals surface area contributed by atoms with Crippen LogP contribution in [-0.2, 0) is 6.42 Å². The topological polar surface area (TPSA) is 49.8 Å². The molecule has 0 heterocycles. The molecule has 0 spiro atoms. The highest BCUT2D eigenvalue weighted by molar-refractivity contribution is 5.34. The third-order valence-corrected chi connectivity index (χ3v) is 1.90. The fourth-order valence-corrected chi connectivity index (χ4v) is 1.17. The lowest BCUT2D eigenvalue weighted by Crippen LogP contribution is -2.05. The van der Waals surface area contributed by atoms with E-state index in [1.807, 2.05) is 12.1 Å². The van der Waals surface area contributed by atoms with E-state index in [1.165, 1.54) is 0 Å². The summed E-state index contributed by atoms with van der Waals surface area (Å²) in [5.41, 5.74) is 7.34. The Kier molecular flexibility index (Phi) is 3.84. The van der Waals surface area contributed by atoms with E-state index in [9.17, 15) is 4.39 Å². The minimum atomic E-state index is 0.202. The summed E-state index contributed by atoms with van der Waals surface area (Å²) in [5, 5.41) is 8.65. The maximum atomic E-state index is 12.2. The molecule has 14 heavy (non-hydrogen) atoms. The van der Waals surface area contributed by atoms with Crippen LogP contribution >= 0.6 is 0 Å². The molecule has 72 valence electrons. The number of halogens is 1. The van der Waals surface area contributed by atoms with Gasteiger partial charge >= 0.3 is 0 Å². The van der Waals surface area contributed by atoms with Crippen molar-refractivity contribution in [3.63, 3.8) is 0 Å². The SMILES string of the molecule is N#Cc1cccc(C/C(=C/F)CN)c1. The number of rotatable bonds is 3. The molecule has 0 atom stereocenters. The van der Waals surface area contributed by atoms with Gasteiger partial charge in [-0.05, 0) is 29.7 Å². The molecule has 0 radical (unpaired) electrons. The zero-order valence-corrected chi connectivity index (χ0v) is 7.70. The van der Waals surface area contributed by atoms with E-state index in [0.717, 1.165) is 5.56 Å². The Hall–Kier alpha value is -1.66. The van der Waals surface area contributed by atoms with Crippen molar-refractivity contribution < 1.29 is 4.39 Å². The van der Waals surface area contributed by atoms with Gasteiger partial charge in [-0.2, -0.15) is 5.26 Å². The van der Waals surface area contributed by atoms with Crippen molar-refractivity contribution in [2.45, 2.75) is 6.42 Å². The van der Waals surface area contributed by atoms with Crippen LogP contribution in [0, 0.1) is 11.3 Å². The van der Waals surface area contributed by atoms with Crippen LogP contribution in [0.4, 0.5) is 4.39 Å². The largest absolute Gasteiger partial charge is 0.327 e. The van der Waals surface area contributed by atoms with Crippen molar-refractivity contribution in [2.24, 2.45) is 5.73 Å². The van der Waals surface area contributed by atoms with Gasteiger partial charge in [-0.3, -0.25) is 0 Å². The minimum absolute atomic E-state index is 0.202. The molecule has 0 fully saturated rings. The second kappa shape index (κ2) is 5.15. The van der Waals surface area contributed by atoms with E-state index in [-0.39, 0.29) is 6.54 Å². The normalized spacial score (nSPS) is 11.1. The Morgan fingerprint density at radius 1 is 1.57 bits per heavy atom. The van der Waals surface area contributed by atoms with Gasteiger partial charge in [0.1, 0.15) is 0 Å². The molecule has 2 nitrogen and oxygen atoms in total. The van der Waals surface area contributed by atoms with Gasteiger partial charge < -0.3 is 5.73 Å². The predicted octanol–water partition coefficient (Wildman–Crippen LogP) is 1.91. The molecule has 2 N–H and O–H groups in total. The summed E-state index contributed by atoms with van der Waals surface area (Å²) in [7, 11) is 0. The van der Waals surface area contributed by atoms with Crippen LogP contribution in [0.15, 0.2) is 36.2 Å². The molecule has 0 saturated carbocycles. The molecule has 0 aliphatic rings. The highest BCUT2D eigenvalue weighted by Crippen LogP contribution is 2.09. The van der Waals surface area contributed by atoms with Crippen LogP contribution in [0.5, 0.6) is 0 Å². The Morgan fingerprint density at radius 2 is 2.36 bits per heavy atom. The van der Waals surface area contributed by atoms with Gasteiger partial charge in [0, 0.05) is 6.54 Å². The van der Waals surface area contributed by atoms with Crippen LogP contribution in [0.2, 0.25) is 0 Å². The predicted molar refractivity (Wildman–Crippen MR) is 53.1 cm³/mol. The van der Waals surface area contributed by atoms with Crippen molar-refractivity contribution in [2.75, 3.05) is 6.54 Å². The lowest BCUT2D eigenvalue weighted by molar-refractivity contribution is 0.699. The molecule has 0 bridgehead atoms. The molecule has 0 unspecified atom stereocenters. The van der Waals surface area contributed by atoms with Crippen molar-refractivity contribution in [3.05, 3.63) is 47.3 Å². The molecule has 0 saturated heterocycles. The highest BCUT2D eigenvalue weighted by Gasteiger charge is 1.99. The number of hydrogen-bond donors (Lipinski definition) is 1. The first-order chi connectivity index (χ1) is 6.80. The van der Waals surface area contributed by atoms with Crippen molar-refractivity contribution in [1.29, 1.82) is 5.26 Å². The van der Waals surface area contributed by atoms with Crippen LogP contribution in [0.3, 0.4) is 0 Å². The summed E-state index contributed by atoms with van der Waals surface area (Å²) in [5.74, 6) is 0. The van der Waals surface area contributed by atoms with Crippen LogP contribution in [0.1, 0.15) is 11.1 Å². The second-order valence-electron chi connectivity index (χ2n) is 2.96. The highest BCUT2D eigenvalue weighted by atomic mass is 19.1. The molecule has 0 amide bonds. The van der Waals surface area contributed by atoms with E-state index in [2.05, 4.69) is 0 Å². The van der Waals surface area contributed by atoms with Crippen LogP contribution < -0.4 is 5.73 Å². The van der Waals surface area contributed by atoms with Crippen molar-refractivity contribution in [3.8, 4) is 6.07 Å². The number of hydrogen-bond acceptors (Lipinski definition) is 2. The van der Waals surface area contributed by atoms with Crippen molar-refractivity contribution >= 4 is 0 Å². The quantitative estimate of drug-likeness (QED) is 0.791. The molecule has 0 aliphatic heterocycles. The summed E-state index contributed by atoms with van der Waals surface area (Å²) in [6.45, 7) is 0.202. The number of nitrogens with zero attached hydrogens (tertiary/aromatic N) is 1. The monoisotopic (exact) mass is 190 g/mol. The third-order valence-electron chi connectivity index (χ3n) is 1.90. The van der Waals surface area contributed by atoms with Gasteiger partial charge in [0.15, 0.2) is 0 Å². The average Bonchev–Trinajstić information content (AvgIpc) is 2.26. The van der Waals surface area contributed by atoms with Gasteiger partial charge in [-0.25, -0.2) is 4.39 Å². The first kappa shape index (κ1) is 10.4. The van der Waals surface area contributed by atoms with Crippen LogP contribution in [-0.4, -0.2) is 6.54 Å².